The summed E-state index contributed by atoms with van der Waals surface area (Å²) >= 11 is 0. The summed E-state index contributed by atoms with van der Waals surface area (Å²) in [6, 6.07) is 4.97. The molecule has 1 aromatic rings. The molecule has 4 nitrogen and oxygen atoms in total. The van der Waals surface area contributed by atoms with Gasteiger partial charge in [-0.15, -0.1) is 0 Å². The second kappa shape index (κ2) is 5.13. The molecule has 0 bridgehead atoms. The lowest BCUT2D eigenvalue weighted by Gasteiger charge is -2.34. The van der Waals surface area contributed by atoms with E-state index in [1.54, 1.807) is 22.5 Å². The van der Waals surface area contributed by atoms with Crippen molar-refractivity contribution in [3.8, 4) is 0 Å². The van der Waals surface area contributed by atoms with E-state index in [1.807, 2.05) is 6.92 Å². The van der Waals surface area contributed by atoms with Crippen LogP contribution in [-0.2, 0) is 10.0 Å². The molecular formula is C14H22N2O2S. The lowest BCUT2D eigenvalue weighted by atomic mass is 9.94. The Morgan fingerprint density at radius 3 is 2.32 bits per heavy atom. The molecule has 2 N–H and O–H groups in total. The first-order valence-electron chi connectivity index (χ1n) is 6.67. The maximum atomic E-state index is 12.6. The van der Waals surface area contributed by atoms with Crippen LogP contribution in [0.25, 0.3) is 0 Å². The largest absolute Gasteiger partial charge is 0.398 e. The van der Waals surface area contributed by atoms with Crippen LogP contribution in [0.3, 0.4) is 0 Å². The quantitative estimate of drug-likeness (QED) is 0.846. The number of piperidine rings is 1. The molecule has 0 spiro atoms. The molecule has 0 amide bonds. The molecule has 19 heavy (non-hydrogen) atoms. The fourth-order valence-corrected chi connectivity index (χ4v) is 4.45. The zero-order valence-electron chi connectivity index (χ0n) is 11.8. The van der Waals surface area contributed by atoms with Crippen LogP contribution in [0, 0.1) is 18.8 Å². The fraction of sp³-hybridized carbons (Fsp3) is 0.571. The predicted molar refractivity (Wildman–Crippen MR) is 77.3 cm³/mol. The van der Waals surface area contributed by atoms with Crippen LogP contribution in [0.15, 0.2) is 23.1 Å². The van der Waals surface area contributed by atoms with Gasteiger partial charge >= 0.3 is 0 Å². The molecule has 1 aliphatic rings. The third kappa shape index (κ3) is 2.92. The van der Waals surface area contributed by atoms with Crippen molar-refractivity contribution < 1.29 is 8.42 Å². The highest BCUT2D eigenvalue weighted by Crippen LogP contribution is 2.27. The standard InChI is InChI=1S/C14H22N2O2S/c1-10-6-11(2)9-16(8-10)19(17,18)13-5-4-12(3)14(15)7-13/h4-5,7,10-11H,6,8-9,15H2,1-3H3. The zero-order chi connectivity index (χ0) is 14.2. The molecule has 1 saturated heterocycles. The van der Waals surface area contributed by atoms with Gasteiger partial charge in [0.05, 0.1) is 4.90 Å². The van der Waals surface area contributed by atoms with Gasteiger partial charge in [0.25, 0.3) is 0 Å². The average molecular weight is 282 g/mol. The van der Waals surface area contributed by atoms with E-state index in [0.717, 1.165) is 12.0 Å². The number of nitrogens with zero attached hydrogens (tertiary/aromatic N) is 1. The summed E-state index contributed by atoms with van der Waals surface area (Å²) in [4.78, 5) is 0.303. The number of benzene rings is 1. The number of hydrogen-bond donors (Lipinski definition) is 1. The van der Waals surface area contributed by atoms with E-state index in [1.165, 1.54) is 0 Å². The summed E-state index contributed by atoms with van der Waals surface area (Å²) in [6.45, 7) is 7.26. The first-order valence-corrected chi connectivity index (χ1v) is 8.11. The second-order valence-corrected chi connectivity index (χ2v) is 7.72. The van der Waals surface area contributed by atoms with E-state index < -0.39 is 10.0 Å². The van der Waals surface area contributed by atoms with Crippen LogP contribution in [0.2, 0.25) is 0 Å². The topological polar surface area (TPSA) is 63.4 Å². The number of nitrogens with two attached hydrogens (primary N) is 1. The molecule has 1 aromatic carbocycles. The highest BCUT2D eigenvalue weighted by Gasteiger charge is 2.31. The molecule has 1 aliphatic heterocycles. The van der Waals surface area contributed by atoms with Gasteiger partial charge in [0.2, 0.25) is 10.0 Å². The highest BCUT2D eigenvalue weighted by molar-refractivity contribution is 7.89. The minimum Gasteiger partial charge on any atom is -0.398 e. The van der Waals surface area contributed by atoms with Crippen molar-refractivity contribution in [3.05, 3.63) is 23.8 Å². The average Bonchev–Trinajstić information content (AvgIpc) is 2.31. The van der Waals surface area contributed by atoms with E-state index in [9.17, 15) is 8.42 Å². The number of sulfonamides is 1. The molecule has 0 radical (unpaired) electrons. The van der Waals surface area contributed by atoms with Crippen molar-refractivity contribution in [1.82, 2.24) is 4.31 Å². The SMILES string of the molecule is Cc1ccc(S(=O)(=O)N2CC(C)CC(C)C2)cc1N. The lowest BCUT2D eigenvalue weighted by Crippen LogP contribution is -2.42. The minimum atomic E-state index is -3.41. The van der Waals surface area contributed by atoms with Crippen LogP contribution >= 0.6 is 0 Å². The van der Waals surface area contributed by atoms with Gasteiger partial charge in [0.1, 0.15) is 0 Å². The smallest absolute Gasteiger partial charge is 0.243 e. The number of aryl methyl sites for hydroxylation is 1. The monoisotopic (exact) mass is 282 g/mol. The molecule has 1 heterocycles. The number of rotatable bonds is 2. The third-order valence-electron chi connectivity index (χ3n) is 3.72. The van der Waals surface area contributed by atoms with Crippen molar-refractivity contribution in [2.45, 2.75) is 32.1 Å². The highest BCUT2D eigenvalue weighted by atomic mass is 32.2. The number of anilines is 1. The number of nitrogen functional groups attached to an aromatic ring is 1. The molecule has 0 aromatic heterocycles. The second-order valence-electron chi connectivity index (χ2n) is 5.79. The molecule has 106 valence electrons. The molecule has 2 unspecified atom stereocenters. The van der Waals surface area contributed by atoms with Gasteiger partial charge in [0.15, 0.2) is 0 Å². The van der Waals surface area contributed by atoms with Crippen LogP contribution < -0.4 is 5.73 Å². The Kier molecular flexibility index (Phi) is 3.87. The van der Waals surface area contributed by atoms with Gasteiger partial charge < -0.3 is 5.73 Å². The van der Waals surface area contributed by atoms with E-state index in [0.29, 0.717) is 35.5 Å². The van der Waals surface area contributed by atoms with Gasteiger partial charge in [-0.05, 0) is 42.9 Å². The van der Waals surface area contributed by atoms with Crippen LogP contribution in [0.5, 0.6) is 0 Å². The van der Waals surface area contributed by atoms with E-state index in [-0.39, 0.29) is 0 Å². The predicted octanol–water partition coefficient (Wildman–Crippen LogP) is 2.24. The maximum absolute atomic E-state index is 12.6. The zero-order valence-corrected chi connectivity index (χ0v) is 12.6. The van der Waals surface area contributed by atoms with Gasteiger partial charge in [-0.3, -0.25) is 0 Å². The summed E-state index contributed by atoms with van der Waals surface area (Å²) in [5.74, 6) is 0.808. The summed E-state index contributed by atoms with van der Waals surface area (Å²) in [5, 5.41) is 0. The molecule has 0 aliphatic carbocycles. The first-order chi connectivity index (χ1) is 8.80. The summed E-state index contributed by atoms with van der Waals surface area (Å²) in [5.41, 5.74) is 7.25. The van der Waals surface area contributed by atoms with E-state index in [2.05, 4.69) is 13.8 Å². The Labute approximate surface area is 115 Å². The van der Waals surface area contributed by atoms with Crippen molar-refractivity contribution in [2.24, 2.45) is 11.8 Å². The van der Waals surface area contributed by atoms with Gasteiger partial charge in [-0.2, -0.15) is 4.31 Å². The minimum absolute atomic E-state index is 0.303. The summed E-state index contributed by atoms with van der Waals surface area (Å²) < 4.78 is 26.8. The summed E-state index contributed by atoms with van der Waals surface area (Å²) in [6.07, 6.45) is 1.09. The Bertz CT molecular complexity index is 559. The normalized spacial score (nSPS) is 25.4. The molecule has 1 fully saturated rings. The molecular weight excluding hydrogens is 260 g/mol. The Balaban J connectivity index is 2.33. The van der Waals surface area contributed by atoms with Crippen LogP contribution in [0.4, 0.5) is 5.69 Å². The Morgan fingerprint density at radius 2 is 1.79 bits per heavy atom. The Hall–Kier alpha value is -1.07. The van der Waals surface area contributed by atoms with Crippen molar-refractivity contribution in [3.63, 3.8) is 0 Å². The van der Waals surface area contributed by atoms with Crippen molar-refractivity contribution in [1.29, 1.82) is 0 Å². The summed E-state index contributed by atoms with van der Waals surface area (Å²) in [7, 11) is -3.41. The molecule has 2 rings (SSSR count). The van der Waals surface area contributed by atoms with Gasteiger partial charge in [0, 0.05) is 18.8 Å². The van der Waals surface area contributed by atoms with Crippen LogP contribution in [0.1, 0.15) is 25.8 Å². The lowest BCUT2D eigenvalue weighted by molar-refractivity contribution is 0.222. The van der Waals surface area contributed by atoms with E-state index >= 15 is 0 Å². The number of hydrogen-bond acceptors (Lipinski definition) is 3. The fourth-order valence-electron chi connectivity index (χ4n) is 2.73. The van der Waals surface area contributed by atoms with Gasteiger partial charge in [-0.1, -0.05) is 19.9 Å². The van der Waals surface area contributed by atoms with E-state index in [4.69, 9.17) is 5.73 Å². The Morgan fingerprint density at radius 1 is 1.21 bits per heavy atom. The van der Waals surface area contributed by atoms with Crippen molar-refractivity contribution >= 4 is 15.7 Å². The van der Waals surface area contributed by atoms with Crippen LogP contribution in [-0.4, -0.2) is 25.8 Å². The maximum Gasteiger partial charge on any atom is 0.243 e. The molecule has 0 saturated carbocycles. The molecule has 2 atom stereocenters. The third-order valence-corrected chi connectivity index (χ3v) is 5.55. The van der Waals surface area contributed by atoms with Crippen molar-refractivity contribution in [2.75, 3.05) is 18.8 Å². The van der Waals surface area contributed by atoms with Gasteiger partial charge in [-0.25, -0.2) is 8.42 Å². The first kappa shape index (κ1) is 14.3. The molecule has 5 heteroatoms.